The lowest BCUT2D eigenvalue weighted by Crippen LogP contribution is -1.44. The van der Waals surface area contributed by atoms with Crippen LogP contribution in [0.5, 0.6) is 0 Å². The van der Waals surface area contributed by atoms with Crippen molar-refractivity contribution in [3.05, 3.63) is 0 Å². The third-order valence-electron chi connectivity index (χ3n) is 0.171. The molecule has 0 N–H and O–H groups in total. The Morgan fingerprint density at radius 3 is 2.40 bits per heavy atom. The van der Waals surface area contributed by atoms with E-state index in [1.807, 2.05) is 6.26 Å². The van der Waals surface area contributed by atoms with E-state index in [4.69, 9.17) is 0 Å². The van der Waals surface area contributed by atoms with E-state index in [2.05, 4.69) is 12.6 Å². The van der Waals surface area contributed by atoms with Gasteiger partial charge in [-0.3, -0.25) is 0 Å². The summed E-state index contributed by atoms with van der Waals surface area (Å²) in [5.74, 6) is 0. The largest absolute Gasteiger partial charge is 0.167 e. The molecule has 32 valence electrons. The molecule has 0 aromatic rings. The molecule has 0 spiro atoms. The van der Waals surface area contributed by atoms with Crippen LogP contribution in [0.2, 0.25) is 0 Å². The van der Waals surface area contributed by atoms with Crippen LogP contribution in [0, 0.1) is 0 Å². The first-order valence-electron chi connectivity index (χ1n) is 1.18. The molecule has 0 saturated carbocycles. The van der Waals surface area contributed by atoms with E-state index in [0.717, 1.165) is 5.08 Å². The van der Waals surface area contributed by atoms with Gasteiger partial charge in [0, 0.05) is 5.08 Å². The second kappa shape index (κ2) is 5.05. The summed E-state index contributed by atoms with van der Waals surface area (Å²) in [6, 6.07) is 0. The molecular weight excluding hydrogens is 120 g/mol. The van der Waals surface area contributed by atoms with E-state index >= 15 is 0 Å². The van der Waals surface area contributed by atoms with Crippen molar-refractivity contribution in [3.63, 3.8) is 0 Å². The predicted octanol–water partition coefficient (Wildman–Crippen LogP) is 1.88. The van der Waals surface area contributed by atoms with Crippen LogP contribution in [0.4, 0.5) is 0 Å². The molecule has 3 heteroatoms. The molecule has 0 nitrogen and oxygen atoms in total. The van der Waals surface area contributed by atoms with Gasteiger partial charge in [-0.25, -0.2) is 0 Å². The molecule has 0 aliphatic rings. The van der Waals surface area contributed by atoms with Crippen LogP contribution in [0.3, 0.4) is 0 Å². The summed E-state index contributed by atoms with van der Waals surface area (Å²) >= 11 is 3.94. The number of thiol groups is 1. The summed E-state index contributed by atoms with van der Waals surface area (Å²) in [4.78, 5) is 0. The third-order valence-corrected chi connectivity index (χ3v) is 2.48. The second-order valence-corrected chi connectivity index (χ2v) is 3.72. The molecule has 0 heterocycles. The molecule has 0 aliphatic heterocycles. The summed E-state index contributed by atoms with van der Waals surface area (Å²) in [5.41, 5.74) is 0. The van der Waals surface area contributed by atoms with Crippen LogP contribution >= 0.6 is 34.2 Å². The SMILES string of the molecule is CSSCS. The average molecular weight is 126 g/mol. The lowest BCUT2D eigenvalue weighted by atomic mass is 11.9. The summed E-state index contributed by atoms with van der Waals surface area (Å²) in [6.45, 7) is 0. The molecule has 0 aromatic heterocycles. The summed E-state index contributed by atoms with van der Waals surface area (Å²) < 4.78 is 0. The molecular formula is C2H6S3. The second-order valence-electron chi connectivity index (χ2n) is 0.414. The third kappa shape index (κ3) is 5.05. The lowest BCUT2D eigenvalue weighted by molar-refractivity contribution is 2.36. The minimum atomic E-state index is 0.918. The van der Waals surface area contributed by atoms with Gasteiger partial charge >= 0.3 is 0 Å². The van der Waals surface area contributed by atoms with Crippen molar-refractivity contribution in [1.82, 2.24) is 0 Å². The Labute approximate surface area is 45.9 Å². The zero-order valence-electron chi connectivity index (χ0n) is 2.97. The van der Waals surface area contributed by atoms with Crippen LogP contribution in [0.1, 0.15) is 0 Å². The Kier molecular flexibility index (Phi) is 6.11. The van der Waals surface area contributed by atoms with Crippen molar-refractivity contribution in [2.45, 2.75) is 0 Å². The fourth-order valence-electron chi connectivity index (χ4n) is 0.0527. The van der Waals surface area contributed by atoms with E-state index in [0.29, 0.717) is 0 Å². The Bertz CT molecular complexity index is 12.4. The van der Waals surface area contributed by atoms with Crippen LogP contribution in [0.25, 0.3) is 0 Å². The first-order valence-corrected chi connectivity index (χ1v) is 4.54. The molecule has 0 unspecified atom stereocenters. The monoisotopic (exact) mass is 126 g/mol. The lowest BCUT2D eigenvalue weighted by Gasteiger charge is -1.79. The van der Waals surface area contributed by atoms with E-state index in [9.17, 15) is 0 Å². The fraction of sp³-hybridized carbons (Fsp3) is 1.00. The van der Waals surface area contributed by atoms with Crippen LogP contribution < -0.4 is 0 Å². The number of hydrogen-bond donors (Lipinski definition) is 1. The average Bonchev–Trinajstić information content (AvgIpc) is 1.41. The maximum absolute atomic E-state index is 3.94. The van der Waals surface area contributed by atoms with Crippen LogP contribution in [0.15, 0.2) is 0 Å². The van der Waals surface area contributed by atoms with Gasteiger partial charge in [-0.1, -0.05) is 21.6 Å². The van der Waals surface area contributed by atoms with E-state index in [1.165, 1.54) is 0 Å². The van der Waals surface area contributed by atoms with Gasteiger partial charge in [0.05, 0.1) is 0 Å². The minimum Gasteiger partial charge on any atom is -0.167 e. The first kappa shape index (κ1) is 6.05. The highest BCUT2D eigenvalue weighted by Gasteiger charge is 1.68. The highest BCUT2D eigenvalue weighted by atomic mass is 33.1. The Morgan fingerprint density at radius 2 is 2.40 bits per heavy atom. The van der Waals surface area contributed by atoms with Gasteiger partial charge in [-0.05, 0) is 6.26 Å². The van der Waals surface area contributed by atoms with Crippen molar-refractivity contribution in [2.24, 2.45) is 0 Å². The molecule has 0 aliphatic carbocycles. The van der Waals surface area contributed by atoms with Crippen molar-refractivity contribution < 1.29 is 0 Å². The Hall–Kier alpha value is 1.05. The Morgan fingerprint density at radius 1 is 1.80 bits per heavy atom. The van der Waals surface area contributed by atoms with Crippen molar-refractivity contribution in [1.29, 1.82) is 0 Å². The molecule has 0 atom stereocenters. The van der Waals surface area contributed by atoms with E-state index in [-0.39, 0.29) is 0 Å². The molecule has 0 rings (SSSR count). The normalized spacial score (nSPS) is 8.40. The predicted molar refractivity (Wildman–Crippen MR) is 35.0 cm³/mol. The minimum absolute atomic E-state index is 0.918. The molecule has 5 heavy (non-hydrogen) atoms. The highest BCUT2D eigenvalue weighted by Crippen LogP contribution is 2.16. The standard InChI is InChI=1S/C2H6S3/c1-4-5-2-3/h3H,2H2,1H3. The summed E-state index contributed by atoms with van der Waals surface area (Å²) in [6.07, 6.45) is 2.04. The topological polar surface area (TPSA) is 0 Å². The summed E-state index contributed by atoms with van der Waals surface area (Å²) in [7, 11) is 3.49. The van der Waals surface area contributed by atoms with Crippen molar-refractivity contribution in [2.75, 3.05) is 11.3 Å². The van der Waals surface area contributed by atoms with Crippen molar-refractivity contribution in [3.8, 4) is 0 Å². The molecule has 0 aromatic carbocycles. The van der Waals surface area contributed by atoms with Gasteiger partial charge in [0.15, 0.2) is 0 Å². The highest BCUT2D eigenvalue weighted by molar-refractivity contribution is 8.77. The smallest absolute Gasteiger partial charge is 0.0465 e. The van der Waals surface area contributed by atoms with Crippen LogP contribution in [-0.2, 0) is 0 Å². The maximum Gasteiger partial charge on any atom is 0.0465 e. The van der Waals surface area contributed by atoms with E-state index < -0.39 is 0 Å². The van der Waals surface area contributed by atoms with Gasteiger partial charge in [0.2, 0.25) is 0 Å². The molecule has 0 radical (unpaired) electrons. The van der Waals surface area contributed by atoms with E-state index in [1.54, 1.807) is 21.6 Å². The van der Waals surface area contributed by atoms with Gasteiger partial charge < -0.3 is 0 Å². The van der Waals surface area contributed by atoms with Gasteiger partial charge in [0.1, 0.15) is 0 Å². The van der Waals surface area contributed by atoms with Gasteiger partial charge in [0.25, 0.3) is 0 Å². The summed E-state index contributed by atoms with van der Waals surface area (Å²) in [5, 5.41) is 0.918. The molecule has 0 amide bonds. The molecule has 0 fully saturated rings. The Balaban J connectivity index is 2.19. The van der Waals surface area contributed by atoms with Gasteiger partial charge in [-0.15, -0.1) is 0 Å². The molecule has 0 saturated heterocycles. The van der Waals surface area contributed by atoms with Crippen molar-refractivity contribution >= 4 is 34.2 Å². The maximum atomic E-state index is 3.94. The zero-order chi connectivity index (χ0) is 4.12. The first-order chi connectivity index (χ1) is 2.41. The fourth-order valence-corrected chi connectivity index (χ4v) is 1.42. The number of hydrogen-bond acceptors (Lipinski definition) is 3. The quantitative estimate of drug-likeness (QED) is 0.341. The number of rotatable bonds is 2. The molecule has 0 bridgehead atoms. The van der Waals surface area contributed by atoms with Crippen LogP contribution in [-0.4, -0.2) is 11.3 Å². The van der Waals surface area contributed by atoms with Gasteiger partial charge in [-0.2, -0.15) is 12.6 Å². The zero-order valence-corrected chi connectivity index (χ0v) is 5.50.